The molecule has 3 rings (SSSR count). The van der Waals surface area contributed by atoms with Gasteiger partial charge in [-0.3, -0.25) is 4.79 Å². The highest BCUT2D eigenvalue weighted by Gasteiger charge is 2.19. The van der Waals surface area contributed by atoms with E-state index >= 15 is 0 Å². The zero-order valence-corrected chi connectivity index (χ0v) is 13.3. The van der Waals surface area contributed by atoms with Crippen LogP contribution < -0.4 is 10.2 Å². The molecule has 0 aliphatic heterocycles. The van der Waals surface area contributed by atoms with E-state index in [0.29, 0.717) is 11.3 Å². The first-order valence-electron chi connectivity index (χ1n) is 7.26. The Morgan fingerprint density at radius 2 is 2.08 bits per heavy atom. The molecule has 5 heteroatoms. The van der Waals surface area contributed by atoms with Crippen molar-refractivity contribution in [3.8, 4) is 17.2 Å². The van der Waals surface area contributed by atoms with Gasteiger partial charge in [-0.05, 0) is 25.1 Å². The zero-order valence-electron chi connectivity index (χ0n) is 13.3. The normalized spacial score (nSPS) is 11.4. The lowest BCUT2D eigenvalue weighted by atomic mass is 10.0. The SMILES string of the molecule is C=C(C)C=Cc1c(OC)cc2oc3c(O)cccc3c(=O)c2c1O. The highest BCUT2D eigenvalue weighted by atomic mass is 16.5. The molecule has 0 aliphatic rings. The van der Waals surface area contributed by atoms with E-state index in [2.05, 4.69) is 6.58 Å². The maximum Gasteiger partial charge on any atom is 0.204 e. The zero-order chi connectivity index (χ0) is 17.4. The first-order valence-corrected chi connectivity index (χ1v) is 7.26. The Morgan fingerprint density at radius 3 is 2.75 bits per heavy atom. The molecule has 0 unspecified atom stereocenters. The molecule has 24 heavy (non-hydrogen) atoms. The Kier molecular flexibility index (Phi) is 3.77. The summed E-state index contributed by atoms with van der Waals surface area (Å²) in [6, 6.07) is 6.02. The van der Waals surface area contributed by atoms with Crippen LogP contribution in [0.25, 0.3) is 28.0 Å². The number of fused-ring (bicyclic) bond motifs is 2. The molecule has 0 saturated heterocycles. The van der Waals surface area contributed by atoms with Crippen LogP contribution in [0.2, 0.25) is 0 Å². The monoisotopic (exact) mass is 324 g/mol. The van der Waals surface area contributed by atoms with Gasteiger partial charge in [0.2, 0.25) is 5.43 Å². The van der Waals surface area contributed by atoms with Crippen LogP contribution >= 0.6 is 0 Å². The Bertz CT molecular complexity index is 1060. The van der Waals surface area contributed by atoms with E-state index in [0.717, 1.165) is 5.57 Å². The predicted octanol–water partition coefficient (Wildman–Crippen LogP) is 3.96. The summed E-state index contributed by atoms with van der Waals surface area (Å²) in [4.78, 5) is 12.7. The number of benzene rings is 2. The fraction of sp³-hybridized carbons (Fsp3) is 0.105. The number of methoxy groups -OCH3 is 1. The van der Waals surface area contributed by atoms with Gasteiger partial charge < -0.3 is 19.4 Å². The van der Waals surface area contributed by atoms with Crippen LogP contribution in [0.4, 0.5) is 0 Å². The molecule has 0 bridgehead atoms. The molecule has 0 atom stereocenters. The van der Waals surface area contributed by atoms with Gasteiger partial charge in [0, 0.05) is 6.07 Å². The van der Waals surface area contributed by atoms with Crippen LogP contribution in [-0.2, 0) is 0 Å². The van der Waals surface area contributed by atoms with Crippen molar-refractivity contribution in [2.45, 2.75) is 6.92 Å². The van der Waals surface area contributed by atoms with Gasteiger partial charge >= 0.3 is 0 Å². The Morgan fingerprint density at radius 1 is 1.33 bits per heavy atom. The molecule has 0 fully saturated rings. The van der Waals surface area contributed by atoms with Crippen molar-refractivity contribution in [2.24, 2.45) is 0 Å². The molecule has 122 valence electrons. The van der Waals surface area contributed by atoms with Gasteiger partial charge in [-0.2, -0.15) is 0 Å². The summed E-state index contributed by atoms with van der Waals surface area (Å²) in [7, 11) is 1.45. The highest BCUT2D eigenvalue weighted by molar-refractivity contribution is 5.98. The van der Waals surface area contributed by atoms with Crippen LogP contribution in [0, 0.1) is 0 Å². The summed E-state index contributed by atoms with van der Waals surface area (Å²) in [6.45, 7) is 5.58. The number of hydrogen-bond donors (Lipinski definition) is 2. The third-order valence-corrected chi connectivity index (χ3v) is 3.70. The molecule has 1 aromatic heterocycles. The number of ether oxygens (including phenoxy) is 1. The largest absolute Gasteiger partial charge is 0.506 e. The number of phenolic OH excluding ortho intramolecular Hbond substituents is 2. The van der Waals surface area contributed by atoms with E-state index in [4.69, 9.17) is 9.15 Å². The number of rotatable bonds is 3. The molecule has 0 amide bonds. The van der Waals surface area contributed by atoms with E-state index in [1.165, 1.54) is 25.3 Å². The maximum atomic E-state index is 12.7. The van der Waals surface area contributed by atoms with Crippen LogP contribution in [-0.4, -0.2) is 17.3 Å². The second kappa shape index (κ2) is 5.77. The fourth-order valence-electron chi connectivity index (χ4n) is 2.55. The number of aromatic hydroxyl groups is 2. The summed E-state index contributed by atoms with van der Waals surface area (Å²) < 4.78 is 10.9. The third-order valence-electron chi connectivity index (χ3n) is 3.70. The molecule has 0 radical (unpaired) electrons. The minimum Gasteiger partial charge on any atom is -0.506 e. The molecule has 0 spiro atoms. The van der Waals surface area contributed by atoms with Gasteiger partial charge in [0.15, 0.2) is 11.3 Å². The molecule has 2 aromatic carbocycles. The minimum absolute atomic E-state index is 0.0373. The lowest BCUT2D eigenvalue weighted by Crippen LogP contribution is -2.04. The van der Waals surface area contributed by atoms with Gasteiger partial charge in [0.05, 0.1) is 18.1 Å². The van der Waals surface area contributed by atoms with Crippen molar-refractivity contribution >= 4 is 28.0 Å². The van der Waals surface area contributed by atoms with Crippen LogP contribution in [0.15, 0.2) is 51.7 Å². The van der Waals surface area contributed by atoms with E-state index in [1.807, 2.05) is 6.92 Å². The van der Waals surface area contributed by atoms with Gasteiger partial charge in [0.25, 0.3) is 0 Å². The average molecular weight is 324 g/mol. The molecule has 1 heterocycles. The lowest BCUT2D eigenvalue weighted by Gasteiger charge is -2.11. The summed E-state index contributed by atoms with van der Waals surface area (Å²) in [6.07, 6.45) is 3.33. The smallest absolute Gasteiger partial charge is 0.204 e. The van der Waals surface area contributed by atoms with Crippen molar-refractivity contribution in [1.82, 2.24) is 0 Å². The second-order valence-electron chi connectivity index (χ2n) is 5.48. The van der Waals surface area contributed by atoms with Crippen molar-refractivity contribution < 1.29 is 19.4 Å². The Hall–Kier alpha value is -3.21. The van der Waals surface area contributed by atoms with E-state index in [-0.39, 0.29) is 33.4 Å². The van der Waals surface area contributed by atoms with Gasteiger partial charge in [0.1, 0.15) is 22.5 Å². The summed E-state index contributed by atoms with van der Waals surface area (Å²) in [5.74, 6) is -0.0347. The topological polar surface area (TPSA) is 79.9 Å². The maximum absolute atomic E-state index is 12.7. The first-order chi connectivity index (χ1) is 11.4. The molecular formula is C19H16O5. The van der Waals surface area contributed by atoms with Gasteiger partial charge in [-0.25, -0.2) is 0 Å². The highest BCUT2D eigenvalue weighted by Crippen LogP contribution is 2.38. The van der Waals surface area contributed by atoms with E-state index < -0.39 is 5.43 Å². The van der Waals surface area contributed by atoms with Crippen LogP contribution in [0.3, 0.4) is 0 Å². The predicted molar refractivity (Wildman–Crippen MR) is 93.7 cm³/mol. The standard InChI is InChI=1S/C19H16O5/c1-10(2)7-8-11-14(23-3)9-15-16(17(11)21)18(22)12-5-4-6-13(20)19(12)24-15/h4-9,20-21H,1H2,2-3H3. The van der Waals surface area contributed by atoms with Crippen molar-refractivity contribution in [3.63, 3.8) is 0 Å². The molecule has 0 aliphatic carbocycles. The van der Waals surface area contributed by atoms with Crippen molar-refractivity contribution in [3.05, 3.63) is 58.3 Å². The molecule has 3 aromatic rings. The van der Waals surface area contributed by atoms with Gasteiger partial charge in [-0.1, -0.05) is 24.3 Å². The van der Waals surface area contributed by atoms with E-state index in [9.17, 15) is 15.0 Å². The van der Waals surface area contributed by atoms with E-state index in [1.54, 1.807) is 18.2 Å². The summed E-state index contributed by atoms with van der Waals surface area (Å²) in [5.41, 5.74) is 0.927. The Labute approximate surface area is 137 Å². The quantitative estimate of drug-likeness (QED) is 0.563. The molecule has 0 saturated carbocycles. The first kappa shape index (κ1) is 15.7. The molecule has 5 nitrogen and oxygen atoms in total. The minimum atomic E-state index is -0.424. The molecule has 2 N–H and O–H groups in total. The van der Waals surface area contributed by atoms with Crippen molar-refractivity contribution in [2.75, 3.05) is 7.11 Å². The average Bonchev–Trinajstić information content (AvgIpc) is 2.54. The summed E-state index contributed by atoms with van der Waals surface area (Å²) >= 11 is 0. The second-order valence-corrected chi connectivity index (χ2v) is 5.48. The number of hydrogen-bond acceptors (Lipinski definition) is 5. The molecular weight excluding hydrogens is 308 g/mol. The Balaban J connectivity index is 2.47. The van der Waals surface area contributed by atoms with Crippen LogP contribution in [0.5, 0.6) is 17.2 Å². The number of allylic oxidation sites excluding steroid dienone is 2. The third kappa shape index (κ3) is 2.40. The van der Waals surface area contributed by atoms with Crippen LogP contribution in [0.1, 0.15) is 12.5 Å². The lowest BCUT2D eigenvalue weighted by molar-refractivity contribution is 0.406. The number of phenols is 2. The van der Waals surface area contributed by atoms with Crippen molar-refractivity contribution in [1.29, 1.82) is 0 Å². The number of para-hydroxylation sites is 1. The van der Waals surface area contributed by atoms with Gasteiger partial charge in [-0.15, -0.1) is 0 Å². The summed E-state index contributed by atoms with van der Waals surface area (Å²) in [5, 5.41) is 20.7. The fourth-order valence-corrected chi connectivity index (χ4v) is 2.55.